The quantitative estimate of drug-likeness (QED) is 0.862. The average molecular weight is 234 g/mol. The van der Waals surface area contributed by atoms with Crippen LogP contribution in [0.15, 0.2) is 33.3 Å². The fourth-order valence-electron chi connectivity index (χ4n) is 1.86. The van der Waals surface area contributed by atoms with Crippen LogP contribution in [0.5, 0.6) is 0 Å². The summed E-state index contributed by atoms with van der Waals surface area (Å²) in [7, 11) is 2.03. The summed E-state index contributed by atoms with van der Waals surface area (Å²) in [6, 6.07) is 5.91. The van der Waals surface area contributed by atoms with Gasteiger partial charge in [0.25, 0.3) is 0 Å². The van der Waals surface area contributed by atoms with Gasteiger partial charge < -0.3 is 14.6 Å². The minimum Gasteiger partial charge on any atom is -0.468 e. The van der Waals surface area contributed by atoms with Crippen molar-refractivity contribution in [2.75, 3.05) is 7.05 Å². The lowest BCUT2D eigenvalue weighted by Gasteiger charge is -2.12. The van der Waals surface area contributed by atoms with Gasteiger partial charge in [-0.3, -0.25) is 4.90 Å². The smallest absolute Gasteiger partial charge is 0.120 e. The summed E-state index contributed by atoms with van der Waals surface area (Å²) in [4.78, 5) is 2.14. The molecule has 0 aliphatic rings. The van der Waals surface area contributed by atoms with E-state index in [1.54, 1.807) is 6.26 Å². The SMILES string of the molecule is Cc1cc(CN(C)Cc2ccco2)oc1CN. The van der Waals surface area contributed by atoms with Gasteiger partial charge in [-0.25, -0.2) is 0 Å². The highest BCUT2D eigenvalue weighted by Gasteiger charge is 2.09. The Balaban J connectivity index is 1.95. The van der Waals surface area contributed by atoms with Gasteiger partial charge in [0.15, 0.2) is 0 Å². The number of hydrogen-bond acceptors (Lipinski definition) is 4. The van der Waals surface area contributed by atoms with Crippen molar-refractivity contribution in [1.82, 2.24) is 4.90 Å². The molecule has 0 unspecified atom stereocenters. The third-order valence-electron chi connectivity index (χ3n) is 2.69. The number of aryl methyl sites for hydroxylation is 1. The molecular weight excluding hydrogens is 216 g/mol. The van der Waals surface area contributed by atoms with Gasteiger partial charge >= 0.3 is 0 Å². The van der Waals surface area contributed by atoms with Crippen molar-refractivity contribution < 1.29 is 8.83 Å². The van der Waals surface area contributed by atoms with E-state index in [1.165, 1.54) is 0 Å². The second-order valence-corrected chi connectivity index (χ2v) is 4.27. The Morgan fingerprint density at radius 3 is 2.65 bits per heavy atom. The first-order valence-corrected chi connectivity index (χ1v) is 5.68. The fourth-order valence-corrected chi connectivity index (χ4v) is 1.86. The molecule has 0 aliphatic heterocycles. The molecule has 2 heterocycles. The molecule has 0 fully saturated rings. The standard InChI is InChI=1S/C13H18N2O2/c1-10-6-12(17-13(10)7-14)9-15(2)8-11-4-3-5-16-11/h3-6H,7-9,14H2,1-2H3. The van der Waals surface area contributed by atoms with E-state index in [2.05, 4.69) is 4.90 Å². The summed E-state index contributed by atoms with van der Waals surface area (Å²) in [5, 5.41) is 0. The molecule has 0 amide bonds. The van der Waals surface area contributed by atoms with Crippen LogP contribution < -0.4 is 5.73 Å². The lowest BCUT2D eigenvalue weighted by molar-refractivity contribution is 0.261. The molecular formula is C13H18N2O2. The first kappa shape index (κ1) is 12.0. The van der Waals surface area contributed by atoms with Crippen LogP contribution in [0.2, 0.25) is 0 Å². The molecule has 4 heteroatoms. The first-order chi connectivity index (χ1) is 8.19. The van der Waals surface area contributed by atoms with E-state index in [4.69, 9.17) is 14.6 Å². The molecule has 17 heavy (non-hydrogen) atoms. The molecule has 92 valence electrons. The molecule has 2 aromatic rings. The highest BCUT2D eigenvalue weighted by atomic mass is 16.3. The second-order valence-electron chi connectivity index (χ2n) is 4.27. The molecule has 2 aromatic heterocycles. The first-order valence-electron chi connectivity index (χ1n) is 5.68. The van der Waals surface area contributed by atoms with E-state index in [9.17, 15) is 0 Å². The average Bonchev–Trinajstić information content (AvgIpc) is 2.88. The fraction of sp³-hybridized carbons (Fsp3) is 0.385. The molecule has 0 bridgehead atoms. The Morgan fingerprint density at radius 1 is 1.29 bits per heavy atom. The van der Waals surface area contributed by atoms with E-state index < -0.39 is 0 Å². The zero-order chi connectivity index (χ0) is 12.3. The summed E-state index contributed by atoms with van der Waals surface area (Å²) in [5.74, 6) is 2.76. The topological polar surface area (TPSA) is 55.5 Å². The predicted octanol–water partition coefficient (Wildman–Crippen LogP) is 2.27. The second kappa shape index (κ2) is 5.21. The Hall–Kier alpha value is -1.52. The zero-order valence-electron chi connectivity index (χ0n) is 10.3. The summed E-state index contributed by atoms with van der Waals surface area (Å²) >= 11 is 0. The van der Waals surface area contributed by atoms with Crippen molar-refractivity contribution in [3.8, 4) is 0 Å². The van der Waals surface area contributed by atoms with Crippen LogP contribution in [-0.2, 0) is 19.6 Å². The summed E-state index contributed by atoms with van der Waals surface area (Å²) in [6.07, 6.45) is 1.69. The van der Waals surface area contributed by atoms with Crippen molar-refractivity contribution in [1.29, 1.82) is 0 Å². The molecule has 0 spiro atoms. The van der Waals surface area contributed by atoms with Crippen LogP contribution in [0, 0.1) is 6.92 Å². The predicted molar refractivity (Wildman–Crippen MR) is 65.2 cm³/mol. The molecule has 0 atom stereocenters. The minimum absolute atomic E-state index is 0.452. The van der Waals surface area contributed by atoms with Gasteiger partial charge in [-0.2, -0.15) is 0 Å². The lowest BCUT2D eigenvalue weighted by Crippen LogP contribution is -2.16. The minimum atomic E-state index is 0.452. The van der Waals surface area contributed by atoms with Crippen molar-refractivity contribution in [3.63, 3.8) is 0 Å². The monoisotopic (exact) mass is 234 g/mol. The maximum atomic E-state index is 5.66. The van der Waals surface area contributed by atoms with Gasteiger partial charge in [0.2, 0.25) is 0 Å². The van der Waals surface area contributed by atoms with Crippen molar-refractivity contribution in [2.45, 2.75) is 26.6 Å². The maximum absolute atomic E-state index is 5.66. The molecule has 0 saturated heterocycles. The summed E-state index contributed by atoms with van der Waals surface area (Å²) in [6.45, 7) is 3.99. The van der Waals surface area contributed by atoms with Gasteiger partial charge in [-0.05, 0) is 37.7 Å². The highest BCUT2D eigenvalue weighted by Crippen LogP contribution is 2.16. The molecule has 0 radical (unpaired) electrons. The molecule has 0 saturated carbocycles. The Morgan fingerprint density at radius 2 is 2.06 bits per heavy atom. The third kappa shape index (κ3) is 2.99. The number of furan rings is 2. The number of nitrogens with two attached hydrogens (primary N) is 1. The van der Waals surface area contributed by atoms with E-state index in [-0.39, 0.29) is 0 Å². The van der Waals surface area contributed by atoms with Crippen LogP contribution in [0.25, 0.3) is 0 Å². The third-order valence-corrected chi connectivity index (χ3v) is 2.69. The number of nitrogens with zero attached hydrogens (tertiary/aromatic N) is 1. The van der Waals surface area contributed by atoms with Crippen molar-refractivity contribution in [3.05, 3.63) is 47.3 Å². The van der Waals surface area contributed by atoms with Crippen LogP contribution in [-0.4, -0.2) is 11.9 Å². The normalized spacial score (nSPS) is 11.3. The molecule has 0 aliphatic carbocycles. The van der Waals surface area contributed by atoms with Crippen LogP contribution in [0.1, 0.15) is 22.8 Å². The number of rotatable bonds is 5. The van der Waals surface area contributed by atoms with Gasteiger partial charge in [0.1, 0.15) is 17.3 Å². The van der Waals surface area contributed by atoms with Crippen LogP contribution in [0.3, 0.4) is 0 Å². The van der Waals surface area contributed by atoms with Gasteiger partial charge in [0.05, 0.1) is 25.9 Å². The van der Waals surface area contributed by atoms with Gasteiger partial charge in [0, 0.05) is 0 Å². The molecule has 0 aromatic carbocycles. The van der Waals surface area contributed by atoms with Gasteiger partial charge in [-0.15, -0.1) is 0 Å². The Bertz CT molecular complexity index is 460. The van der Waals surface area contributed by atoms with Crippen molar-refractivity contribution >= 4 is 0 Å². The largest absolute Gasteiger partial charge is 0.468 e. The van der Waals surface area contributed by atoms with Gasteiger partial charge in [-0.1, -0.05) is 0 Å². The maximum Gasteiger partial charge on any atom is 0.120 e. The van der Waals surface area contributed by atoms with E-state index >= 15 is 0 Å². The lowest BCUT2D eigenvalue weighted by atomic mass is 10.2. The van der Waals surface area contributed by atoms with Crippen LogP contribution >= 0.6 is 0 Å². The Kier molecular flexibility index (Phi) is 3.66. The van der Waals surface area contributed by atoms with Crippen LogP contribution in [0.4, 0.5) is 0 Å². The van der Waals surface area contributed by atoms with Crippen molar-refractivity contribution in [2.24, 2.45) is 5.73 Å². The molecule has 4 nitrogen and oxygen atoms in total. The highest BCUT2D eigenvalue weighted by molar-refractivity contribution is 5.19. The number of hydrogen-bond donors (Lipinski definition) is 1. The zero-order valence-corrected chi connectivity index (χ0v) is 10.3. The van der Waals surface area contributed by atoms with E-state index in [1.807, 2.05) is 32.2 Å². The Labute approximate surface area is 101 Å². The molecule has 2 rings (SSSR count). The van der Waals surface area contributed by atoms with E-state index in [0.717, 1.165) is 35.9 Å². The van der Waals surface area contributed by atoms with E-state index in [0.29, 0.717) is 6.54 Å². The summed E-state index contributed by atoms with van der Waals surface area (Å²) in [5.41, 5.74) is 6.70. The summed E-state index contributed by atoms with van der Waals surface area (Å²) < 4.78 is 11.0. The molecule has 2 N–H and O–H groups in total.